The lowest BCUT2D eigenvalue weighted by Crippen LogP contribution is -1.79. The Bertz CT molecular complexity index is 461. The number of fused-ring (bicyclic) bond motifs is 1. The third-order valence-corrected chi connectivity index (χ3v) is 2.86. The first-order chi connectivity index (χ1) is 6.18. The summed E-state index contributed by atoms with van der Waals surface area (Å²) in [6, 6.07) is 10.3. The molecule has 0 N–H and O–H groups in total. The largest absolute Gasteiger partial charge is 0.143 e. The number of hydrogen-bond acceptors (Lipinski definition) is 2. The van der Waals surface area contributed by atoms with E-state index in [4.69, 9.17) is 0 Å². The van der Waals surface area contributed by atoms with Crippen LogP contribution < -0.4 is 0 Å². The van der Waals surface area contributed by atoms with Gasteiger partial charge in [-0.2, -0.15) is 0 Å². The van der Waals surface area contributed by atoms with E-state index in [1.165, 1.54) is 16.3 Å². The van der Waals surface area contributed by atoms with Gasteiger partial charge in [-0.15, -0.1) is 25.3 Å². The van der Waals surface area contributed by atoms with Crippen molar-refractivity contribution in [2.75, 3.05) is 0 Å². The van der Waals surface area contributed by atoms with Crippen molar-refractivity contribution in [3.8, 4) is 0 Å². The zero-order valence-corrected chi connectivity index (χ0v) is 9.07. The van der Waals surface area contributed by atoms with E-state index in [2.05, 4.69) is 50.4 Å². The Labute approximate surface area is 88.8 Å². The summed E-state index contributed by atoms with van der Waals surface area (Å²) in [5.41, 5.74) is 1.22. The van der Waals surface area contributed by atoms with Gasteiger partial charge < -0.3 is 0 Å². The molecule has 0 aliphatic heterocycles. The van der Waals surface area contributed by atoms with Crippen molar-refractivity contribution < 1.29 is 0 Å². The van der Waals surface area contributed by atoms with Crippen LogP contribution in [0.25, 0.3) is 10.8 Å². The minimum absolute atomic E-state index is 1.01. The highest BCUT2D eigenvalue weighted by molar-refractivity contribution is 7.81. The standard InChI is InChI=1S/C11H10S2/c1-7-5-9-8(11(13)6-7)3-2-4-10(9)12/h2-6,12-13H,1H3. The maximum Gasteiger partial charge on any atom is 0.0122 e. The summed E-state index contributed by atoms with van der Waals surface area (Å²) in [6.45, 7) is 2.07. The number of rotatable bonds is 0. The van der Waals surface area contributed by atoms with Crippen molar-refractivity contribution in [2.24, 2.45) is 0 Å². The minimum Gasteiger partial charge on any atom is -0.143 e. The van der Waals surface area contributed by atoms with Crippen LogP contribution >= 0.6 is 25.3 Å². The van der Waals surface area contributed by atoms with Gasteiger partial charge in [0.15, 0.2) is 0 Å². The first-order valence-electron chi connectivity index (χ1n) is 4.10. The van der Waals surface area contributed by atoms with E-state index in [0.717, 1.165) is 9.79 Å². The van der Waals surface area contributed by atoms with Crippen LogP contribution in [0.2, 0.25) is 0 Å². The van der Waals surface area contributed by atoms with Crippen LogP contribution in [-0.2, 0) is 0 Å². The fourth-order valence-corrected chi connectivity index (χ4v) is 2.16. The zero-order chi connectivity index (χ0) is 9.42. The van der Waals surface area contributed by atoms with Gasteiger partial charge in [0.05, 0.1) is 0 Å². The molecule has 0 saturated heterocycles. The Morgan fingerprint density at radius 3 is 2.46 bits per heavy atom. The van der Waals surface area contributed by atoms with Gasteiger partial charge in [-0.1, -0.05) is 18.2 Å². The Balaban J connectivity index is 2.94. The van der Waals surface area contributed by atoms with Gasteiger partial charge in [0, 0.05) is 9.79 Å². The van der Waals surface area contributed by atoms with Gasteiger partial charge in [-0.05, 0) is 35.4 Å². The lowest BCUT2D eigenvalue weighted by Gasteiger charge is -2.05. The van der Waals surface area contributed by atoms with Gasteiger partial charge >= 0.3 is 0 Å². The second-order valence-electron chi connectivity index (χ2n) is 3.16. The SMILES string of the molecule is Cc1cc(S)c2cccc(S)c2c1. The first kappa shape index (κ1) is 8.97. The molecule has 0 unspecified atom stereocenters. The summed E-state index contributed by atoms with van der Waals surface area (Å²) in [6.07, 6.45) is 0. The molecule has 2 aromatic carbocycles. The molecule has 0 nitrogen and oxygen atoms in total. The molecule has 13 heavy (non-hydrogen) atoms. The highest BCUT2D eigenvalue weighted by Crippen LogP contribution is 2.28. The molecule has 0 radical (unpaired) electrons. The number of benzene rings is 2. The second kappa shape index (κ2) is 3.28. The van der Waals surface area contributed by atoms with Gasteiger partial charge in [-0.3, -0.25) is 0 Å². The predicted molar refractivity (Wildman–Crippen MR) is 63.2 cm³/mol. The molecule has 2 aromatic rings. The van der Waals surface area contributed by atoms with E-state index < -0.39 is 0 Å². The van der Waals surface area contributed by atoms with Gasteiger partial charge in [0.2, 0.25) is 0 Å². The molecule has 2 heteroatoms. The summed E-state index contributed by atoms with van der Waals surface area (Å²) in [7, 11) is 0. The monoisotopic (exact) mass is 206 g/mol. The van der Waals surface area contributed by atoms with Crippen molar-refractivity contribution in [1.82, 2.24) is 0 Å². The Morgan fingerprint density at radius 2 is 1.69 bits per heavy atom. The molecule has 0 aliphatic carbocycles. The maximum atomic E-state index is 4.43. The van der Waals surface area contributed by atoms with Crippen LogP contribution in [0.15, 0.2) is 40.1 Å². The summed E-state index contributed by atoms with van der Waals surface area (Å²) in [5, 5.41) is 2.34. The molecule has 2 rings (SSSR count). The van der Waals surface area contributed by atoms with Crippen LogP contribution in [0.5, 0.6) is 0 Å². The second-order valence-corrected chi connectivity index (χ2v) is 4.12. The molecular formula is C11H10S2. The number of hydrogen-bond donors (Lipinski definition) is 2. The quantitative estimate of drug-likeness (QED) is 0.603. The third kappa shape index (κ3) is 1.56. The van der Waals surface area contributed by atoms with Crippen LogP contribution in [-0.4, -0.2) is 0 Å². The number of aryl methyl sites for hydroxylation is 1. The van der Waals surface area contributed by atoms with E-state index in [9.17, 15) is 0 Å². The van der Waals surface area contributed by atoms with Crippen LogP contribution in [0, 0.1) is 6.92 Å². The molecule has 0 atom stereocenters. The van der Waals surface area contributed by atoms with Gasteiger partial charge in [-0.25, -0.2) is 0 Å². The average molecular weight is 206 g/mol. The summed E-state index contributed by atoms with van der Waals surface area (Å²) < 4.78 is 0. The van der Waals surface area contributed by atoms with Crippen molar-refractivity contribution in [2.45, 2.75) is 16.7 Å². The molecule has 0 bridgehead atoms. The summed E-state index contributed by atoms with van der Waals surface area (Å²) >= 11 is 8.84. The van der Waals surface area contributed by atoms with Crippen LogP contribution in [0.3, 0.4) is 0 Å². The molecular weight excluding hydrogens is 196 g/mol. The van der Waals surface area contributed by atoms with E-state index in [-0.39, 0.29) is 0 Å². The lowest BCUT2D eigenvalue weighted by atomic mass is 10.1. The molecule has 0 spiro atoms. The first-order valence-corrected chi connectivity index (χ1v) is 4.99. The average Bonchev–Trinajstić information content (AvgIpc) is 2.07. The molecule has 0 aliphatic rings. The summed E-state index contributed by atoms with van der Waals surface area (Å²) in [4.78, 5) is 2.03. The highest BCUT2D eigenvalue weighted by Gasteiger charge is 2.01. The summed E-state index contributed by atoms with van der Waals surface area (Å²) in [5.74, 6) is 0. The topological polar surface area (TPSA) is 0 Å². The Morgan fingerprint density at radius 1 is 0.923 bits per heavy atom. The molecule has 0 aromatic heterocycles. The predicted octanol–water partition coefficient (Wildman–Crippen LogP) is 3.73. The maximum absolute atomic E-state index is 4.43. The Kier molecular flexibility index (Phi) is 2.26. The number of thiol groups is 2. The smallest absolute Gasteiger partial charge is 0.0122 e. The van der Waals surface area contributed by atoms with E-state index in [1.807, 2.05) is 12.1 Å². The minimum atomic E-state index is 1.01. The van der Waals surface area contributed by atoms with Gasteiger partial charge in [0.1, 0.15) is 0 Å². The molecule has 66 valence electrons. The van der Waals surface area contributed by atoms with Gasteiger partial charge in [0.25, 0.3) is 0 Å². The van der Waals surface area contributed by atoms with E-state index >= 15 is 0 Å². The molecule has 0 heterocycles. The van der Waals surface area contributed by atoms with Crippen molar-refractivity contribution >= 4 is 36.0 Å². The third-order valence-electron chi connectivity index (χ3n) is 2.10. The van der Waals surface area contributed by atoms with Crippen molar-refractivity contribution in [3.05, 3.63) is 35.9 Å². The molecule has 0 fully saturated rings. The molecule has 0 saturated carbocycles. The fourth-order valence-electron chi connectivity index (χ4n) is 1.49. The molecule has 0 amide bonds. The van der Waals surface area contributed by atoms with Crippen LogP contribution in [0.4, 0.5) is 0 Å². The Hall–Kier alpha value is -0.600. The van der Waals surface area contributed by atoms with Crippen molar-refractivity contribution in [3.63, 3.8) is 0 Å². The van der Waals surface area contributed by atoms with Crippen LogP contribution in [0.1, 0.15) is 5.56 Å². The van der Waals surface area contributed by atoms with Crippen molar-refractivity contribution in [1.29, 1.82) is 0 Å². The zero-order valence-electron chi connectivity index (χ0n) is 7.28. The lowest BCUT2D eigenvalue weighted by molar-refractivity contribution is 1.40. The normalized spacial score (nSPS) is 10.7. The van der Waals surface area contributed by atoms with E-state index in [1.54, 1.807) is 0 Å². The highest BCUT2D eigenvalue weighted by atomic mass is 32.1. The fraction of sp³-hybridized carbons (Fsp3) is 0.0909. The van der Waals surface area contributed by atoms with E-state index in [0.29, 0.717) is 0 Å².